The zero-order valence-electron chi connectivity index (χ0n) is 10.6. The first-order valence-electron chi connectivity index (χ1n) is 5.99. The van der Waals surface area contributed by atoms with Gasteiger partial charge in [0.05, 0.1) is 5.56 Å². The summed E-state index contributed by atoms with van der Waals surface area (Å²) in [5, 5.41) is 9.08. The van der Waals surface area contributed by atoms with Crippen LogP contribution in [0.3, 0.4) is 0 Å². The van der Waals surface area contributed by atoms with E-state index < -0.39 is 5.97 Å². The van der Waals surface area contributed by atoms with Gasteiger partial charge in [-0.15, -0.1) is 0 Å². The normalized spacial score (nSPS) is 10.2. The first kappa shape index (κ1) is 13.0. The molecule has 3 nitrogen and oxygen atoms in total. The van der Waals surface area contributed by atoms with Gasteiger partial charge in [-0.1, -0.05) is 42.5 Å². The number of carbonyl (C=O) groups is 2. The number of ketones is 1. The van der Waals surface area contributed by atoms with Gasteiger partial charge in [0.25, 0.3) is 0 Å². The Balaban J connectivity index is 2.31. The lowest BCUT2D eigenvalue weighted by atomic mass is 9.96. The number of hydrogen-bond acceptors (Lipinski definition) is 2. The van der Waals surface area contributed by atoms with Crippen molar-refractivity contribution in [2.45, 2.75) is 13.3 Å². The summed E-state index contributed by atoms with van der Waals surface area (Å²) < 4.78 is 0. The smallest absolute Gasteiger partial charge is 0.336 e. The van der Waals surface area contributed by atoms with Crippen LogP contribution in [-0.4, -0.2) is 16.9 Å². The summed E-state index contributed by atoms with van der Waals surface area (Å²) in [6.07, 6.45) is 0.219. The molecule has 0 atom stereocenters. The topological polar surface area (TPSA) is 54.4 Å². The number of benzene rings is 2. The number of aryl methyl sites for hydroxylation is 1. The highest BCUT2D eigenvalue weighted by Crippen LogP contribution is 2.15. The Morgan fingerprint density at radius 2 is 1.53 bits per heavy atom. The van der Waals surface area contributed by atoms with Crippen LogP contribution >= 0.6 is 0 Å². The lowest BCUT2D eigenvalue weighted by molar-refractivity contribution is 0.0692. The Hall–Kier alpha value is -2.42. The fourth-order valence-corrected chi connectivity index (χ4v) is 1.99. The monoisotopic (exact) mass is 254 g/mol. The molecule has 0 aliphatic heterocycles. The van der Waals surface area contributed by atoms with E-state index in [1.807, 2.05) is 31.2 Å². The molecule has 0 aliphatic rings. The zero-order chi connectivity index (χ0) is 13.8. The molecular formula is C16H14O3. The SMILES string of the molecule is Cc1ccccc1CC(=O)c1ccccc1C(=O)O. The molecule has 0 saturated heterocycles. The van der Waals surface area contributed by atoms with Crippen LogP contribution in [0.25, 0.3) is 0 Å². The van der Waals surface area contributed by atoms with Crippen molar-refractivity contribution in [1.82, 2.24) is 0 Å². The molecule has 0 amide bonds. The van der Waals surface area contributed by atoms with Gasteiger partial charge in [-0.2, -0.15) is 0 Å². The summed E-state index contributed by atoms with van der Waals surface area (Å²) in [7, 11) is 0. The van der Waals surface area contributed by atoms with Gasteiger partial charge in [-0.3, -0.25) is 4.79 Å². The number of aromatic carboxylic acids is 1. The molecule has 96 valence electrons. The van der Waals surface area contributed by atoms with Gasteiger partial charge in [0.1, 0.15) is 0 Å². The van der Waals surface area contributed by atoms with Gasteiger partial charge < -0.3 is 5.11 Å². The molecule has 0 heterocycles. The molecule has 0 bridgehead atoms. The highest BCUT2D eigenvalue weighted by molar-refractivity contribution is 6.06. The maximum absolute atomic E-state index is 12.2. The van der Waals surface area contributed by atoms with Crippen LogP contribution in [0.1, 0.15) is 31.8 Å². The van der Waals surface area contributed by atoms with E-state index in [9.17, 15) is 9.59 Å². The average Bonchev–Trinajstić information content (AvgIpc) is 2.41. The Bertz CT molecular complexity index is 629. The Labute approximate surface area is 111 Å². The first-order valence-corrected chi connectivity index (χ1v) is 5.99. The third-order valence-corrected chi connectivity index (χ3v) is 3.07. The standard InChI is InChI=1S/C16H14O3/c1-11-6-2-3-7-12(11)10-15(17)13-8-4-5-9-14(13)16(18)19/h2-9H,10H2,1H3,(H,18,19). The molecule has 0 radical (unpaired) electrons. The highest BCUT2D eigenvalue weighted by atomic mass is 16.4. The van der Waals surface area contributed by atoms with Crippen LogP contribution < -0.4 is 0 Å². The molecule has 2 rings (SSSR count). The van der Waals surface area contributed by atoms with Gasteiger partial charge >= 0.3 is 5.97 Å². The van der Waals surface area contributed by atoms with Gasteiger partial charge in [-0.25, -0.2) is 4.79 Å². The van der Waals surface area contributed by atoms with Crippen LogP contribution in [-0.2, 0) is 6.42 Å². The predicted octanol–water partition coefficient (Wildman–Crippen LogP) is 3.12. The number of carboxylic acids is 1. The van der Waals surface area contributed by atoms with E-state index in [1.54, 1.807) is 18.2 Å². The van der Waals surface area contributed by atoms with Crippen molar-refractivity contribution in [3.63, 3.8) is 0 Å². The van der Waals surface area contributed by atoms with E-state index in [0.717, 1.165) is 11.1 Å². The van der Waals surface area contributed by atoms with Crippen molar-refractivity contribution in [3.8, 4) is 0 Å². The van der Waals surface area contributed by atoms with Gasteiger partial charge in [0, 0.05) is 12.0 Å². The van der Waals surface area contributed by atoms with Crippen molar-refractivity contribution >= 4 is 11.8 Å². The lowest BCUT2D eigenvalue weighted by Gasteiger charge is -2.07. The minimum Gasteiger partial charge on any atom is -0.478 e. The summed E-state index contributed by atoms with van der Waals surface area (Å²) in [5.41, 5.74) is 2.27. The Kier molecular flexibility index (Phi) is 3.76. The number of Topliss-reactive ketones (excluding diaryl/α,β-unsaturated/α-hetero) is 1. The maximum Gasteiger partial charge on any atom is 0.336 e. The first-order chi connectivity index (χ1) is 9.09. The minimum absolute atomic E-state index is 0.0566. The Morgan fingerprint density at radius 3 is 2.16 bits per heavy atom. The number of carboxylic acid groups (broad SMARTS) is 1. The summed E-state index contributed by atoms with van der Waals surface area (Å²) in [6, 6.07) is 13.9. The third kappa shape index (κ3) is 2.88. The lowest BCUT2D eigenvalue weighted by Crippen LogP contribution is -2.11. The maximum atomic E-state index is 12.2. The number of rotatable bonds is 4. The molecule has 19 heavy (non-hydrogen) atoms. The number of carbonyl (C=O) groups excluding carboxylic acids is 1. The van der Waals surface area contributed by atoms with Gasteiger partial charge in [0.15, 0.2) is 5.78 Å². The quantitative estimate of drug-likeness (QED) is 0.853. The van der Waals surface area contributed by atoms with Crippen molar-refractivity contribution in [2.24, 2.45) is 0 Å². The highest BCUT2D eigenvalue weighted by Gasteiger charge is 2.16. The minimum atomic E-state index is -1.08. The molecule has 0 fully saturated rings. The second-order valence-corrected chi connectivity index (χ2v) is 4.38. The van der Waals surface area contributed by atoms with Crippen molar-refractivity contribution in [3.05, 3.63) is 70.8 Å². The molecule has 3 heteroatoms. The number of hydrogen-bond donors (Lipinski definition) is 1. The van der Waals surface area contributed by atoms with Gasteiger partial charge in [0.2, 0.25) is 0 Å². The van der Waals surface area contributed by atoms with Crippen molar-refractivity contribution < 1.29 is 14.7 Å². The molecule has 1 N–H and O–H groups in total. The van der Waals surface area contributed by atoms with E-state index in [2.05, 4.69) is 0 Å². The molecule has 2 aromatic rings. The van der Waals surface area contributed by atoms with Crippen LogP contribution in [0.4, 0.5) is 0 Å². The van der Waals surface area contributed by atoms with Crippen LogP contribution in [0.2, 0.25) is 0 Å². The largest absolute Gasteiger partial charge is 0.478 e. The van der Waals surface area contributed by atoms with Crippen LogP contribution in [0.5, 0.6) is 0 Å². The fraction of sp³-hybridized carbons (Fsp3) is 0.125. The second kappa shape index (κ2) is 5.48. The second-order valence-electron chi connectivity index (χ2n) is 4.38. The zero-order valence-corrected chi connectivity index (χ0v) is 10.6. The van der Waals surface area contributed by atoms with Crippen LogP contribution in [0, 0.1) is 6.92 Å². The Morgan fingerprint density at radius 1 is 0.947 bits per heavy atom. The fourth-order valence-electron chi connectivity index (χ4n) is 1.99. The molecule has 0 saturated carbocycles. The van der Waals surface area contributed by atoms with E-state index in [-0.39, 0.29) is 23.3 Å². The van der Waals surface area contributed by atoms with Gasteiger partial charge in [-0.05, 0) is 24.1 Å². The van der Waals surface area contributed by atoms with Crippen molar-refractivity contribution in [1.29, 1.82) is 0 Å². The van der Waals surface area contributed by atoms with E-state index in [0.29, 0.717) is 0 Å². The molecule has 0 unspecified atom stereocenters. The van der Waals surface area contributed by atoms with E-state index in [1.165, 1.54) is 6.07 Å². The molecule has 0 aliphatic carbocycles. The molecular weight excluding hydrogens is 240 g/mol. The van der Waals surface area contributed by atoms with Crippen molar-refractivity contribution in [2.75, 3.05) is 0 Å². The summed E-state index contributed by atoms with van der Waals surface area (Å²) in [6.45, 7) is 1.94. The molecule has 0 spiro atoms. The summed E-state index contributed by atoms with van der Waals surface area (Å²) in [4.78, 5) is 23.3. The van der Waals surface area contributed by atoms with E-state index in [4.69, 9.17) is 5.11 Å². The van der Waals surface area contributed by atoms with Crippen LogP contribution in [0.15, 0.2) is 48.5 Å². The average molecular weight is 254 g/mol. The predicted molar refractivity (Wildman–Crippen MR) is 72.6 cm³/mol. The summed E-state index contributed by atoms with van der Waals surface area (Å²) in [5.74, 6) is -1.25. The molecule has 2 aromatic carbocycles. The summed E-state index contributed by atoms with van der Waals surface area (Å²) >= 11 is 0. The third-order valence-electron chi connectivity index (χ3n) is 3.07. The van der Waals surface area contributed by atoms with E-state index >= 15 is 0 Å². The molecule has 0 aromatic heterocycles.